The Bertz CT molecular complexity index is 111. The van der Waals surface area contributed by atoms with Crippen LogP contribution in [-0.4, -0.2) is 12.1 Å². The van der Waals surface area contributed by atoms with E-state index in [0.717, 1.165) is 12.8 Å². The number of halogens is 2. The van der Waals surface area contributed by atoms with E-state index in [2.05, 4.69) is 13.8 Å². The quantitative estimate of drug-likeness (QED) is 0.577. The molecule has 2 nitrogen and oxygen atoms in total. The minimum atomic E-state index is -0.472. The molecule has 5 heteroatoms. The fourth-order valence-corrected chi connectivity index (χ4v) is 1.59. The molecule has 1 rings (SSSR count). The van der Waals surface area contributed by atoms with E-state index < -0.39 is 16.5 Å². The standard InChI is InChI=1S/C8H16N2.2ClH.Pt/c1-5-3-7(9)8(10)4-6(5)2;;;/h5-10H,3-4H2,1-2H3;2*1H;/q-2;;;+4/p-2. The topological polar surface area (TPSA) is 47.6 Å². The summed E-state index contributed by atoms with van der Waals surface area (Å²) >= 11 is -0.472. The van der Waals surface area contributed by atoms with Crippen molar-refractivity contribution in [2.24, 2.45) is 11.8 Å². The molecule has 2 N–H and O–H groups in total. The summed E-state index contributed by atoms with van der Waals surface area (Å²) in [6.07, 6.45) is 1.85. The zero-order valence-corrected chi connectivity index (χ0v) is 11.6. The molecule has 0 spiro atoms. The van der Waals surface area contributed by atoms with Crippen LogP contribution >= 0.6 is 18.8 Å². The molecule has 1 saturated carbocycles. The van der Waals surface area contributed by atoms with Crippen molar-refractivity contribution in [3.8, 4) is 0 Å². The average molecular weight is 406 g/mol. The van der Waals surface area contributed by atoms with Gasteiger partial charge in [-0.25, -0.2) is 0 Å². The second-order valence-corrected chi connectivity index (χ2v) is 6.97. The van der Waals surface area contributed by atoms with Crippen LogP contribution in [0.3, 0.4) is 0 Å². The Morgan fingerprint density at radius 3 is 1.46 bits per heavy atom. The van der Waals surface area contributed by atoms with Gasteiger partial charge in [0.05, 0.1) is 0 Å². The van der Waals surface area contributed by atoms with Crippen LogP contribution in [0.2, 0.25) is 0 Å². The van der Waals surface area contributed by atoms with Gasteiger partial charge in [0.1, 0.15) is 0 Å². The maximum atomic E-state index is 7.51. The third-order valence-corrected chi connectivity index (χ3v) is 2.71. The van der Waals surface area contributed by atoms with Crippen LogP contribution in [0, 0.1) is 11.8 Å². The number of hydrogen-bond acceptors (Lipinski definition) is 0. The number of nitrogens with one attached hydrogen (secondary N) is 2. The Kier molecular flexibility index (Phi) is 8.16. The molecule has 1 aliphatic rings. The first-order valence-corrected chi connectivity index (χ1v) is 9.90. The molecule has 4 unspecified atom stereocenters. The summed E-state index contributed by atoms with van der Waals surface area (Å²) in [5.41, 5.74) is 15.0. The van der Waals surface area contributed by atoms with Crippen LogP contribution in [-0.2, 0) is 16.5 Å². The van der Waals surface area contributed by atoms with Gasteiger partial charge in [0.15, 0.2) is 0 Å². The zero-order chi connectivity index (χ0) is 10.4. The maximum absolute atomic E-state index is 7.51. The second kappa shape index (κ2) is 7.48. The van der Waals surface area contributed by atoms with Crippen molar-refractivity contribution < 1.29 is 16.5 Å². The summed E-state index contributed by atoms with van der Waals surface area (Å²) < 4.78 is 0. The molecule has 0 amide bonds. The normalized spacial score (nSPS) is 39.5. The molecule has 1 fully saturated rings. The van der Waals surface area contributed by atoms with Crippen LogP contribution < -0.4 is 0 Å². The van der Waals surface area contributed by atoms with E-state index >= 15 is 0 Å². The van der Waals surface area contributed by atoms with Crippen LogP contribution in [0.25, 0.3) is 11.5 Å². The van der Waals surface area contributed by atoms with Crippen molar-refractivity contribution in [2.75, 3.05) is 0 Å². The van der Waals surface area contributed by atoms with E-state index in [1.165, 1.54) is 0 Å². The third-order valence-electron chi connectivity index (χ3n) is 2.71. The van der Waals surface area contributed by atoms with Gasteiger partial charge in [0.2, 0.25) is 0 Å². The molecular weight excluding hydrogens is 390 g/mol. The molecule has 0 aromatic heterocycles. The molecule has 0 aliphatic heterocycles. The summed E-state index contributed by atoms with van der Waals surface area (Å²) in [4.78, 5) is 0. The van der Waals surface area contributed by atoms with Crippen molar-refractivity contribution in [2.45, 2.75) is 38.8 Å². The molecule has 0 aromatic rings. The number of rotatable bonds is 0. The molecule has 13 heavy (non-hydrogen) atoms. The molecule has 4 atom stereocenters. The first kappa shape index (κ1) is 14.2. The second-order valence-electron chi connectivity index (χ2n) is 3.68. The van der Waals surface area contributed by atoms with Gasteiger partial charge in [-0.3, -0.25) is 0 Å². The fourth-order valence-electron chi connectivity index (χ4n) is 1.59. The van der Waals surface area contributed by atoms with E-state index in [0.29, 0.717) is 11.8 Å². The molecule has 0 aromatic carbocycles. The van der Waals surface area contributed by atoms with Crippen molar-refractivity contribution in [1.82, 2.24) is 0 Å². The van der Waals surface area contributed by atoms with Gasteiger partial charge >= 0.3 is 35.3 Å². The van der Waals surface area contributed by atoms with Gasteiger partial charge in [-0.15, -0.1) is 0 Å². The summed E-state index contributed by atoms with van der Waals surface area (Å²) in [5, 5.41) is 0. The zero-order valence-electron chi connectivity index (χ0n) is 7.80. The monoisotopic (exact) mass is 405 g/mol. The molecule has 0 saturated heterocycles. The molecule has 82 valence electrons. The minimum absolute atomic E-state index is 0.119. The molecule has 1 aliphatic carbocycles. The van der Waals surface area contributed by atoms with E-state index in [1.54, 1.807) is 0 Å². The van der Waals surface area contributed by atoms with Crippen LogP contribution in [0.4, 0.5) is 0 Å². The predicted molar refractivity (Wildman–Crippen MR) is 55.5 cm³/mol. The first-order valence-electron chi connectivity index (χ1n) is 4.27. The van der Waals surface area contributed by atoms with E-state index in [-0.39, 0.29) is 12.1 Å². The number of hydrogen-bond donors (Lipinski definition) is 0. The van der Waals surface area contributed by atoms with Crippen molar-refractivity contribution in [3.63, 3.8) is 0 Å². The molecule has 0 bridgehead atoms. The Morgan fingerprint density at radius 2 is 1.23 bits per heavy atom. The van der Waals surface area contributed by atoms with E-state index in [1.807, 2.05) is 0 Å². The van der Waals surface area contributed by atoms with Gasteiger partial charge in [-0.05, 0) is 11.8 Å². The van der Waals surface area contributed by atoms with Crippen molar-refractivity contribution in [1.29, 1.82) is 0 Å². The Morgan fingerprint density at radius 1 is 1.00 bits per heavy atom. The van der Waals surface area contributed by atoms with Gasteiger partial charge in [0, 0.05) is 0 Å². The Hall–Kier alpha value is 1.19. The summed E-state index contributed by atoms with van der Waals surface area (Å²) in [6.45, 7) is 4.39. The Labute approximate surface area is 97.1 Å². The van der Waals surface area contributed by atoms with Crippen LogP contribution in [0.1, 0.15) is 26.7 Å². The molecule has 0 heterocycles. The van der Waals surface area contributed by atoms with Gasteiger partial charge in [-0.2, -0.15) is 12.1 Å². The summed E-state index contributed by atoms with van der Waals surface area (Å²) in [5.74, 6) is 1.31. The van der Waals surface area contributed by atoms with Crippen molar-refractivity contribution in [3.05, 3.63) is 11.5 Å². The summed E-state index contributed by atoms with van der Waals surface area (Å²) in [7, 11) is 9.75. The fraction of sp³-hybridized carbons (Fsp3) is 1.00. The van der Waals surface area contributed by atoms with E-state index in [9.17, 15) is 0 Å². The van der Waals surface area contributed by atoms with Crippen LogP contribution in [0.5, 0.6) is 0 Å². The van der Waals surface area contributed by atoms with Gasteiger partial charge in [-0.1, -0.05) is 26.7 Å². The Balaban J connectivity index is 0.000000424. The SMILES string of the molecule is CC1CC([NH-])C([NH-])CC1C.[Cl][Pt+2][Cl]. The third kappa shape index (κ3) is 5.59. The van der Waals surface area contributed by atoms with Gasteiger partial charge < -0.3 is 11.5 Å². The average Bonchev–Trinajstić information content (AvgIpc) is 2.03. The van der Waals surface area contributed by atoms with E-state index in [4.69, 9.17) is 30.3 Å². The van der Waals surface area contributed by atoms with Crippen LogP contribution in [0.15, 0.2) is 0 Å². The molecular formula is C8H16Cl2N2Pt. The van der Waals surface area contributed by atoms with Crippen molar-refractivity contribution >= 4 is 18.8 Å². The molecule has 0 radical (unpaired) electrons. The summed E-state index contributed by atoms with van der Waals surface area (Å²) in [6, 6.07) is -0.239. The first-order chi connectivity index (χ1) is 6.02. The predicted octanol–water partition coefficient (Wildman–Crippen LogP) is 4.27. The van der Waals surface area contributed by atoms with Gasteiger partial charge in [0.25, 0.3) is 0 Å².